The first-order valence-electron chi connectivity index (χ1n) is 8.06. The lowest BCUT2D eigenvalue weighted by Crippen LogP contribution is -2.20. The number of amides is 1. The van der Waals surface area contributed by atoms with Crippen LogP contribution in [0.1, 0.15) is 18.1 Å². The van der Waals surface area contributed by atoms with Gasteiger partial charge < -0.3 is 19.5 Å². The van der Waals surface area contributed by atoms with E-state index in [1.54, 1.807) is 20.3 Å². The predicted molar refractivity (Wildman–Crippen MR) is 98.0 cm³/mol. The molecule has 5 nitrogen and oxygen atoms in total. The summed E-state index contributed by atoms with van der Waals surface area (Å²) in [6, 6.07) is 13.1. The van der Waals surface area contributed by atoms with Crippen molar-refractivity contribution < 1.29 is 19.0 Å². The second kappa shape index (κ2) is 9.37. The minimum absolute atomic E-state index is 0.181. The van der Waals surface area contributed by atoms with Gasteiger partial charge in [-0.25, -0.2) is 0 Å². The van der Waals surface area contributed by atoms with Gasteiger partial charge in [0, 0.05) is 18.2 Å². The third kappa shape index (κ3) is 5.28. The fraction of sp³-hybridized carbons (Fsp3) is 0.250. The number of rotatable bonds is 8. The number of benzene rings is 2. The summed E-state index contributed by atoms with van der Waals surface area (Å²) < 4.78 is 16.1. The highest BCUT2D eigenvalue weighted by molar-refractivity contribution is 5.91. The van der Waals surface area contributed by atoms with Gasteiger partial charge in [-0.1, -0.05) is 24.3 Å². The zero-order valence-corrected chi connectivity index (χ0v) is 14.7. The summed E-state index contributed by atoms with van der Waals surface area (Å²) in [7, 11) is 3.21. The van der Waals surface area contributed by atoms with Crippen LogP contribution in [0.15, 0.2) is 48.5 Å². The van der Waals surface area contributed by atoms with E-state index in [0.29, 0.717) is 24.7 Å². The molecule has 25 heavy (non-hydrogen) atoms. The summed E-state index contributed by atoms with van der Waals surface area (Å²) in [5.74, 6) is 1.89. The lowest BCUT2D eigenvalue weighted by atomic mass is 10.2. The molecular weight excluding hydrogens is 318 g/mol. The molecule has 0 radical (unpaired) electrons. The molecule has 0 spiro atoms. The maximum Gasteiger partial charge on any atom is 0.244 e. The van der Waals surface area contributed by atoms with Crippen molar-refractivity contribution in [3.63, 3.8) is 0 Å². The highest BCUT2D eigenvalue weighted by atomic mass is 16.5. The molecule has 0 aliphatic carbocycles. The molecule has 2 aromatic rings. The number of carbonyl (C=O) groups is 1. The van der Waals surface area contributed by atoms with Gasteiger partial charge in [-0.2, -0.15) is 0 Å². The number of methoxy groups -OCH3 is 2. The van der Waals surface area contributed by atoms with Crippen LogP contribution in [0.4, 0.5) is 0 Å². The molecule has 0 fully saturated rings. The van der Waals surface area contributed by atoms with E-state index in [1.165, 1.54) is 6.08 Å². The Morgan fingerprint density at radius 1 is 1.04 bits per heavy atom. The standard InChI is InChI=1S/C20H23NO4/c1-4-25-19-13-15(9-11-18(19)24-3)10-12-20(22)21-14-16-7-5-6-8-17(16)23-2/h5-13H,4,14H2,1-3H3,(H,21,22)/b12-10+. The second-order valence-corrected chi connectivity index (χ2v) is 5.21. The quantitative estimate of drug-likeness (QED) is 0.748. The van der Waals surface area contributed by atoms with Gasteiger partial charge >= 0.3 is 0 Å². The number of hydrogen-bond acceptors (Lipinski definition) is 4. The zero-order chi connectivity index (χ0) is 18.1. The van der Waals surface area contributed by atoms with E-state index >= 15 is 0 Å². The van der Waals surface area contributed by atoms with Crippen molar-refractivity contribution in [2.75, 3.05) is 20.8 Å². The fourth-order valence-corrected chi connectivity index (χ4v) is 2.33. The van der Waals surface area contributed by atoms with E-state index in [1.807, 2.05) is 49.4 Å². The molecule has 1 amide bonds. The van der Waals surface area contributed by atoms with E-state index in [-0.39, 0.29) is 5.91 Å². The molecule has 0 saturated heterocycles. The third-order valence-electron chi connectivity index (χ3n) is 3.56. The SMILES string of the molecule is CCOc1cc(/C=C/C(=O)NCc2ccccc2OC)ccc1OC. The average Bonchev–Trinajstić information content (AvgIpc) is 2.65. The van der Waals surface area contributed by atoms with Crippen LogP contribution in [0.25, 0.3) is 6.08 Å². The van der Waals surface area contributed by atoms with Crippen molar-refractivity contribution >= 4 is 12.0 Å². The highest BCUT2D eigenvalue weighted by Gasteiger charge is 2.05. The molecule has 0 unspecified atom stereocenters. The molecule has 0 heterocycles. The van der Waals surface area contributed by atoms with Crippen molar-refractivity contribution in [2.45, 2.75) is 13.5 Å². The normalized spacial score (nSPS) is 10.5. The Morgan fingerprint density at radius 3 is 2.52 bits per heavy atom. The molecule has 2 aromatic carbocycles. The maximum absolute atomic E-state index is 12.0. The van der Waals surface area contributed by atoms with Gasteiger partial charge in [-0.3, -0.25) is 4.79 Å². The minimum atomic E-state index is -0.181. The Balaban J connectivity index is 1.99. The lowest BCUT2D eigenvalue weighted by molar-refractivity contribution is -0.116. The largest absolute Gasteiger partial charge is 0.496 e. The van der Waals surface area contributed by atoms with Gasteiger partial charge in [0.15, 0.2) is 11.5 Å². The van der Waals surface area contributed by atoms with E-state index in [9.17, 15) is 4.79 Å². The summed E-state index contributed by atoms with van der Waals surface area (Å²) in [6.07, 6.45) is 3.23. The van der Waals surface area contributed by atoms with Crippen LogP contribution >= 0.6 is 0 Å². The van der Waals surface area contributed by atoms with E-state index < -0.39 is 0 Å². The molecule has 0 aliphatic rings. The molecule has 0 saturated carbocycles. The predicted octanol–water partition coefficient (Wildman–Crippen LogP) is 3.43. The Bertz CT molecular complexity index is 740. The lowest BCUT2D eigenvalue weighted by Gasteiger charge is -2.10. The Hall–Kier alpha value is -2.95. The van der Waals surface area contributed by atoms with Gasteiger partial charge in [0.05, 0.1) is 20.8 Å². The van der Waals surface area contributed by atoms with Crippen LogP contribution in [0.5, 0.6) is 17.2 Å². The van der Waals surface area contributed by atoms with Crippen LogP contribution in [0, 0.1) is 0 Å². The molecule has 0 bridgehead atoms. The number of hydrogen-bond donors (Lipinski definition) is 1. The number of ether oxygens (including phenoxy) is 3. The number of para-hydroxylation sites is 1. The molecular formula is C20H23NO4. The average molecular weight is 341 g/mol. The van der Waals surface area contributed by atoms with Crippen LogP contribution in [0.3, 0.4) is 0 Å². The summed E-state index contributed by atoms with van der Waals surface area (Å²) in [4.78, 5) is 12.0. The van der Waals surface area contributed by atoms with Crippen molar-refractivity contribution in [1.29, 1.82) is 0 Å². The van der Waals surface area contributed by atoms with Crippen LogP contribution in [0.2, 0.25) is 0 Å². The van der Waals surface area contributed by atoms with Crippen LogP contribution in [-0.4, -0.2) is 26.7 Å². The monoisotopic (exact) mass is 341 g/mol. The van der Waals surface area contributed by atoms with Crippen LogP contribution in [-0.2, 0) is 11.3 Å². The first kappa shape index (κ1) is 18.4. The molecule has 1 N–H and O–H groups in total. The van der Waals surface area contributed by atoms with Crippen molar-refractivity contribution in [1.82, 2.24) is 5.32 Å². The highest BCUT2D eigenvalue weighted by Crippen LogP contribution is 2.28. The maximum atomic E-state index is 12.0. The molecule has 0 aliphatic heterocycles. The van der Waals surface area contributed by atoms with Gasteiger partial charge in [0.2, 0.25) is 5.91 Å². The summed E-state index contributed by atoms with van der Waals surface area (Å²) in [6.45, 7) is 2.86. The summed E-state index contributed by atoms with van der Waals surface area (Å²) >= 11 is 0. The van der Waals surface area contributed by atoms with Gasteiger partial charge in [0.25, 0.3) is 0 Å². The molecule has 132 valence electrons. The van der Waals surface area contributed by atoms with Crippen molar-refractivity contribution in [3.8, 4) is 17.2 Å². The van der Waals surface area contributed by atoms with Crippen LogP contribution < -0.4 is 19.5 Å². The van der Waals surface area contributed by atoms with Gasteiger partial charge in [0.1, 0.15) is 5.75 Å². The second-order valence-electron chi connectivity index (χ2n) is 5.21. The Morgan fingerprint density at radius 2 is 1.80 bits per heavy atom. The summed E-state index contributed by atoms with van der Waals surface area (Å²) in [5.41, 5.74) is 1.78. The van der Waals surface area contributed by atoms with Gasteiger partial charge in [-0.05, 0) is 36.8 Å². The van der Waals surface area contributed by atoms with Crippen molar-refractivity contribution in [3.05, 3.63) is 59.7 Å². The molecule has 0 aromatic heterocycles. The van der Waals surface area contributed by atoms with E-state index in [0.717, 1.165) is 16.9 Å². The Labute approximate surface area is 148 Å². The van der Waals surface area contributed by atoms with E-state index in [2.05, 4.69) is 5.32 Å². The number of nitrogens with one attached hydrogen (secondary N) is 1. The van der Waals surface area contributed by atoms with Gasteiger partial charge in [-0.15, -0.1) is 0 Å². The first-order chi connectivity index (χ1) is 12.2. The number of carbonyl (C=O) groups excluding carboxylic acids is 1. The topological polar surface area (TPSA) is 56.8 Å². The molecule has 5 heteroatoms. The third-order valence-corrected chi connectivity index (χ3v) is 3.56. The van der Waals surface area contributed by atoms with E-state index in [4.69, 9.17) is 14.2 Å². The summed E-state index contributed by atoms with van der Waals surface area (Å²) in [5, 5.41) is 2.84. The van der Waals surface area contributed by atoms with Crippen molar-refractivity contribution in [2.24, 2.45) is 0 Å². The fourth-order valence-electron chi connectivity index (χ4n) is 2.33. The smallest absolute Gasteiger partial charge is 0.244 e. The zero-order valence-electron chi connectivity index (χ0n) is 14.7. The minimum Gasteiger partial charge on any atom is -0.496 e. The molecule has 0 atom stereocenters. The molecule has 2 rings (SSSR count). The Kier molecular flexibility index (Phi) is 6.89. The first-order valence-corrected chi connectivity index (χ1v) is 8.06.